The second kappa shape index (κ2) is 8.61. The van der Waals surface area contributed by atoms with Crippen LogP contribution in [0.15, 0.2) is 30.3 Å². The van der Waals surface area contributed by atoms with E-state index < -0.39 is 0 Å². The van der Waals surface area contributed by atoms with E-state index in [0.29, 0.717) is 5.92 Å². The number of amides is 2. The maximum atomic E-state index is 12.6. The number of carbonyl (C=O) groups excluding carboxylic acids is 1. The number of urea groups is 1. The number of benzene rings is 1. The van der Waals surface area contributed by atoms with E-state index in [2.05, 4.69) is 40.5 Å². The summed E-state index contributed by atoms with van der Waals surface area (Å²) in [5.74, 6) is 0.556. The molecule has 1 aromatic carbocycles. The Labute approximate surface area is 163 Å². The van der Waals surface area contributed by atoms with E-state index in [4.69, 9.17) is 4.74 Å². The molecule has 27 heavy (non-hydrogen) atoms. The normalized spacial score (nSPS) is 25.6. The molecule has 0 saturated carbocycles. The Morgan fingerprint density at radius 2 is 1.93 bits per heavy atom. The van der Waals surface area contributed by atoms with Crippen LogP contribution in [0.25, 0.3) is 0 Å². The number of piperidine rings is 2. The molecule has 3 aliphatic heterocycles. The van der Waals surface area contributed by atoms with Crippen molar-refractivity contribution in [2.75, 3.05) is 39.3 Å². The summed E-state index contributed by atoms with van der Waals surface area (Å²) in [6, 6.07) is 10.8. The van der Waals surface area contributed by atoms with E-state index in [9.17, 15) is 4.79 Å². The fourth-order valence-corrected chi connectivity index (χ4v) is 4.91. The molecule has 1 atom stereocenters. The number of carbonyl (C=O) groups is 1. The van der Waals surface area contributed by atoms with Crippen molar-refractivity contribution in [3.05, 3.63) is 35.9 Å². The van der Waals surface area contributed by atoms with Gasteiger partial charge in [0.05, 0.1) is 5.60 Å². The molecule has 2 amide bonds. The summed E-state index contributed by atoms with van der Waals surface area (Å²) < 4.78 is 5.96. The van der Waals surface area contributed by atoms with E-state index in [1.54, 1.807) is 0 Å². The number of ether oxygens (including phenoxy) is 1. The molecule has 1 N–H and O–H groups in total. The van der Waals surface area contributed by atoms with E-state index in [0.717, 1.165) is 58.7 Å². The molecule has 0 aromatic heterocycles. The van der Waals surface area contributed by atoms with Crippen LogP contribution in [0.4, 0.5) is 4.79 Å². The molecule has 1 spiro atoms. The molecule has 5 heteroatoms. The van der Waals surface area contributed by atoms with Crippen molar-refractivity contribution >= 4 is 6.03 Å². The van der Waals surface area contributed by atoms with Gasteiger partial charge >= 0.3 is 6.03 Å². The molecule has 3 fully saturated rings. The highest BCUT2D eigenvalue weighted by Gasteiger charge is 2.39. The van der Waals surface area contributed by atoms with Crippen LogP contribution in [0.2, 0.25) is 0 Å². The molecule has 3 saturated heterocycles. The highest BCUT2D eigenvalue weighted by molar-refractivity contribution is 5.74. The monoisotopic (exact) mass is 371 g/mol. The number of nitrogens with zero attached hydrogens (tertiary/aromatic N) is 2. The minimum Gasteiger partial charge on any atom is -0.375 e. The van der Waals surface area contributed by atoms with Gasteiger partial charge in [-0.25, -0.2) is 4.79 Å². The van der Waals surface area contributed by atoms with Crippen molar-refractivity contribution in [1.29, 1.82) is 0 Å². The maximum absolute atomic E-state index is 12.6. The van der Waals surface area contributed by atoms with Gasteiger partial charge in [0.25, 0.3) is 0 Å². The average Bonchev–Trinajstić information content (AvgIpc) is 3.16. The van der Waals surface area contributed by atoms with Gasteiger partial charge in [-0.2, -0.15) is 0 Å². The van der Waals surface area contributed by atoms with Crippen LogP contribution < -0.4 is 5.32 Å². The van der Waals surface area contributed by atoms with Crippen molar-refractivity contribution in [3.63, 3.8) is 0 Å². The standard InChI is InChI=1S/C22H33N3O2/c26-21(25-13-10-22(11-14-25)9-5-15-27-22)23-16-20-8-4-12-24(18-20)17-19-6-2-1-3-7-19/h1-3,6-7,20H,4-5,8-18H2,(H,23,26). The molecule has 148 valence electrons. The zero-order valence-electron chi connectivity index (χ0n) is 16.4. The Morgan fingerprint density at radius 1 is 1.11 bits per heavy atom. The molecule has 0 radical (unpaired) electrons. The van der Waals surface area contributed by atoms with Crippen LogP contribution in [-0.4, -0.2) is 60.8 Å². The molecule has 1 unspecified atom stereocenters. The molecular formula is C22H33N3O2. The molecule has 3 heterocycles. The van der Waals surface area contributed by atoms with Gasteiger partial charge in [-0.15, -0.1) is 0 Å². The van der Waals surface area contributed by atoms with Crippen molar-refractivity contribution < 1.29 is 9.53 Å². The lowest BCUT2D eigenvalue weighted by Crippen LogP contribution is -2.51. The quantitative estimate of drug-likeness (QED) is 0.884. The maximum Gasteiger partial charge on any atom is 0.317 e. The first-order valence-corrected chi connectivity index (χ1v) is 10.7. The van der Waals surface area contributed by atoms with E-state index in [-0.39, 0.29) is 11.6 Å². The Hall–Kier alpha value is -1.59. The van der Waals surface area contributed by atoms with Gasteiger partial charge in [-0.1, -0.05) is 30.3 Å². The highest BCUT2D eigenvalue weighted by atomic mass is 16.5. The topological polar surface area (TPSA) is 44.8 Å². The van der Waals surface area contributed by atoms with Crippen molar-refractivity contribution in [1.82, 2.24) is 15.1 Å². The van der Waals surface area contributed by atoms with E-state index in [1.807, 2.05) is 4.90 Å². The van der Waals surface area contributed by atoms with Crippen LogP contribution in [0.3, 0.4) is 0 Å². The number of rotatable bonds is 4. The predicted molar refractivity (Wildman–Crippen MR) is 107 cm³/mol. The summed E-state index contributed by atoms with van der Waals surface area (Å²) >= 11 is 0. The van der Waals surface area contributed by atoms with E-state index >= 15 is 0 Å². The van der Waals surface area contributed by atoms with Gasteiger partial charge in [0.2, 0.25) is 0 Å². The lowest BCUT2D eigenvalue weighted by atomic mass is 9.89. The first kappa shape index (κ1) is 18.8. The van der Waals surface area contributed by atoms with Gasteiger partial charge < -0.3 is 15.0 Å². The first-order chi connectivity index (χ1) is 13.2. The third kappa shape index (κ3) is 4.82. The molecule has 1 aromatic rings. The summed E-state index contributed by atoms with van der Waals surface area (Å²) in [4.78, 5) is 17.1. The van der Waals surface area contributed by atoms with Gasteiger partial charge in [0.15, 0.2) is 0 Å². The first-order valence-electron chi connectivity index (χ1n) is 10.7. The molecule has 0 bridgehead atoms. The number of hydrogen-bond donors (Lipinski definition) is 1. The summed E-state index contributed by atoms with van der Waals surface area (Å²) in [6.07, 6.45) is 6.76. The number of likely N-dealkylation sites (tertiary alicyclic amines) is 2. The average molecular weight is 372 g/mol. The van der Waals surface area contributed by atoms with E-state index in [1.165, 1.54) is 31.2 Å². The smallest absolute Gasteiger partial charge is 0.317 e. The second-order valence-corrected chi connectivity index (χ2v) is 8.54. The third-order valence-corrected chi connectivity index (χ3v) is 6.54. The van der Waals surface area contributed by atoms with Crippen LogP contribution in [0.1, 0.15) is 44.1 Å². The molecule has 3 aliphatic rings. The fourth-order valence-electron chi connectivity index (χ4n) is 4.91. The van der Waals surface area contributed by atoms with Gasteiger partial charge in [-0.3, -0.25) is 4.90 Å². The van der Waals surface area contributed by atoms with Crippen LogP contribution in [0.5, 0.6) is 0 Å². The van der Waals surface area contributed by atoms with Crippen LogP contribution >= 0.6 is 0 Å². The summed E-state index contributed by atoms with van der Waals surface area (Å²) in [5.41, 5.74) is 1.46. The van der Waals surface area contributed by atoms with Gasteiger partial charge in [-0.05, 0) is 56.6 Å². The third-order valence-electron chi connectivity index (χ3n) is 6.54. The largest absolute Gasteiger partial charge is 0.375 e. The Morgan fingerprint density at radius 3 is 2.67 bits per heavy atom. The Bertz CT molecular complexity index is 605. The Kier molecular flexibility index (Phi) is 5.98. The summed E-state index contributed by atoms with van der Waals surface area (Å²) in [5, 5.41) is 3.21. The zero-order valence-corrected chi connectivity index (χ0v) is 16.4. The summed E-state index contributed by atoms with van der Waals surface area (Å²) in [7, 11) is 0. The lowest BCUT2D eigenvalue weighted by Gasteiger charge is -2.39. The molecule has 4 rings (SSSR count). The van der Waals surface area contributed by atoms with Crippen LogP contribution in [0, 0.1) is 5.92 Å². The van der Waals surface area contributed by atoms with Crippen molar-refractivity contribution in [3.8, 4) is 0 Å². The van der Waals surface area contributed by atoms with Crippen molar-refractivity contribution in [2.45, 2.75) is 50.7 Å². The van der Waals surface area contributed by atoms with Gasteiger partial charge in [0.1, 0.15) is 0 Å². The Balaban J connectivity index is 1.20. The molecule has 5 nitrogen and oxygen atoms in total. The number of hydrogen-bond acceptors (Lipinski definition) is 3. The van der Waals surface area contributed by atoms with Crippen molar-refractivity contribution in [2.24, 2.45) is 5.92 Å². The summed E-state index contributed by atoms with van der Waals surface area (Å²) in [6.45, 7) is 6.60. The second-order valence-electron chi connectivity index (χ2n) is 8.54. The molecule has 0 aliphatic carbocycles. The minimum absolute atomic E-state index is 0.0814. The zero-order chi connectivity index (χ0) is 18.5. The highest BCUT2D eigenvalue weighted by Crippen LogP contribution is 2.35. The SMILES string of the molecule is O=C(NCC1CCCN(Cc2ccccc2)C1)N1CCC2(CCCO2)CC1. The molecular weight excluding hydrogens is 338 g/mol. The number of nitrogens with one attached hydrogen (secondary N) is 1. The van der Waals surface area contributed by atoms with Crippen LogP contribution in [-0.2, 0) is 11.3 Å². The predicted octanol–water partition coefficient (Wildman–Crippen LogP) is 3.25. The lowest BCUT2D eigenvalue weighted by molar-refractivity contribution is -0.0362. The minimum atomic E-state index is 0.0814. The fraction of sp³-hybridized carbons (Fsp3) is 0.682. The van der Waals surface area contributed by atoms with Gasteiger partial charge in [0, 0.05) is 39.3 Å².